The molecule has 0 aliphatic carbocycles. The Balaban J connectivity index is 2.26. The fraction of sp³-hybridized carbons (Fsp3) is 0.333. The van der Waals surface area contributed by atoms with Crippen LogP contribution in [0.4, 0.5) is 0 Å². The first-order valence-corrected chi connectivity index (χ1v) is 6.17. The van der Waals surface area contributed by atoms with Crippen LogP contribution in [0.5, 0.6) is 0 Å². The Hall–Kier alpha value is -1.75. The van der Waals surface area contributed by atoms with Crippen molar-refractivity contribution in [3.05, 3.63) is 50.3 Å². The summed E-state index contributed by atoms with van der Waals surface area (Å²) >= 11 is 5.80. The zero-order valence-corrected chi connectivity index (χ0v) is 10.6. The fourth-order valence-corrected chi connectivity index (χ4v) is 2.49. The average Bonchev–Trinajstić information content (AvgIpc) is 2.83. The summed E-state index contributed by atoms with van der Waals surface area (Å²) in [5, 5.41) is 0.576. The van der Waals surface area contributed by atoms with Gasteiger partial charge in [0.2, 0.25) is 0 Å². The summed E-state index contributed by atoms with van der Waals surface area (Å²) < 4.78 is 4.21. The topological polar surface area (TPSA) is 48.9 Å². The van der Waals surface area contributed by atoms with Gasteiger partial charge in [-0.15, -0.1) is 0 Å². The van der Waals surface area contributed by atoms with Crippen LogP contribution in [0, 0.1) is 0 Å². The van der Waals surface area contributed by atoms with Crippen LogP contribution in [0.25, 0.3) is 5.69 Å². The molecule has 0 fully saturated rings. The molecule has 1 aliphatic heterocycles. The van der Waals surface area contributed by atoms with E-state index < -0.39 is 0 Å². The molecule has 0 spiro atoms. The van der Waals surface area contributed by atoms with Crippen LogP contribution < -0.4 is 11.4 Å². The van der Waals surface area contributed by atoms with Gasteiger partial charge in [-0.2, -0.15) is 0 Å². The van der Waals surface area contributed by atoms with E-state index in [1.54, 1.807) is 24.3 Å². The number of hydrogen-bond acceptors (Lipinski definition) is 2. The lowest BCUT2D eigenvalue weighted by Crippen LogP contribution is -2.28. The van der Waals surface area contributed by atoms with Crippen molar-refractivity contribution in [2.24, 2.45) is 0 Å². The Labute approximate surface area is 108 Å². The first kappa shape index (κ1) is 11.3. The molecule has 2 heterocycles. The molecule has 0 radical (unpaired) electrons. The van der Waals surface area contributed by atoms with E-state index in [0.29, 0.717) is 17.3 Å². The average molecular weight is 266 g/mol. The van der Waals surface area contributed by atoms with Crippen molar-refractivity contribution in [2.75, 3.05) is 0 Å². The predicted molar refractivity (Wildman–Crippen MR) is 68.6 cm³/mol. The predicted octanol–water partition coefficient (Wildman–Crippen LogP) is 1.42. The highest BCUT2D eigenvalue weighted by molar-refractivity contribution is 6.30. The second-order valence-electron chi connectivity index (χ2n) is 4.48. The lowest BCUT2D eigenvalue weighted by molar-refractivity contribution is 0.505. The van der Waals surface area contributed by atoms with E-state index in [2.05, 4.69) is 0 Å². The first-order valence-electron chi connectivity index (χ1n) is 5.80. The lowest BCUT2D eigenvalue weighted by atomic mass is 10.3. The number of halogens is 1. The van der Waals surface area contributed by atoms with Crippen LogP contribution in [-0.2, 0) is 6.54 Å². The Morgan fingerprint density at radius 2 is 1.83 bits per heavy atom. The van der Waals surface area contributed by atoms with Gasteiger partial charge in [0.05, 0.1) is 11.7 Å². The highest BCUT2D eigenvalue weighted by Gasteiger charge is 2.25. The van der Waals surface area contributed by atoms with Crippen LogP contribution >= 0.6 is 11.6 Å². The second-order valence-corrected chi connectivity index (χ2v) is 4.92. The summed E-state index contributed by atoms with van der Waals surface area (Å²) in [5.74, 6) is 0. The van der Waals surface area contributed by atoms with Crippen molar-refractivity contribution in [2.45, 2.75) is 25.9 Å². The molecule has 1 aliphatic rings. The Kier molecular flexibility index (Phi) is 2.45. The maximum absolute atomic E-state index is 12.2. The first-order chi connectivity index (χ1) is 8.59. The summed E-state index contributed by atoms with van der Waals surface area (Å²) in [6, 6.07) is 6.75. The van der Waals surface area contributed by atoms with Gasteiger partial charge in [0, 0.05) is 11.6 Å². The highest BCUT2D eigenvalue weighted by Crippen LogP contribution is 2.16. The van der Waals surface area contributed by atoms with Crippen molar-refractivity contribution >= 4 is 11.6 Å². The number of hydrogen-bond donors (Lipinski definition) is 0. The number of nitrogens with zero attached hydrogens (tertiary/aromatic N) is 3. The van der Waals surface area contributed by atoms with Gasteiger partial charge in [0.15, 0.2) is 0 Å². The Morgan fingerprint density at radius 1 is 1.17 bits per heavy atom. The third kappa shape index (κ3) is 1.47. The number of benzene rings is 1. The van der Waals surface area contributed by atoms with Crippen molar-refractivity contribution in [1.82, 2.24) is 13.9 Å². The van der Waals surface area contributed by atoms with Gasteiger partial charge in [0.1, 0.15) is 0 Å². The van der Waals surface area contributed by atoms with Crippen LogP contribution in [0.1, 0.15) is 19.4 Å². The smallest absolute Gasteiger partial charge is 0.246 e. The van der Waals surface area contributed by atoms with Crippen LogP contribution in [-0.4, -0.2) is 13.9 Å². The normalized spacial score (nSPS) is 18.0. The Bertz CT molecular complexity index is 708. The second kappa shape index (κ2) is 3.88. The van der Waals surface area contributed by atoms with E-state index in [-0.39, 0.29) is 17.4 Å². The molecule has 0 amide bonds. The molecule has 6 heteroatoms. The van der Waals surface area contributed by atoms with Crippen molar-refractivity contribution in [1.29, 1.82) is 0 Å². The molecule has 1 atom stereocenters. The molecule has 0 N–H and O–H groups in total. The van der Waals surface area contributed by atoms with E-state index in [0.717, 1.165) is 6.42 Å². The van der Waals surface area contributed by atoms with Crippen LogP contribution in [0.15, 0.2) is 33.9 Å². The summed E-state index contributed by atoms with van der Waals surface area (Å²) in [5.41, 5.74) is -0.0185. The van der Waals surface area contributed by atoms with E-state index in [9.17, 15) is 9.59 Å². The molecule has 1 aromatic carbocycles. The summed E-state index contributed by atoms with van der Waals surface area (Å²) in [6.07, 6.45) is 0.825. The monoisotopic (exact) mass is 265 g/mol. The maximum Gasteiger partial charge on any atom is 0.352 e. The fourth-order valence-electron chi connectivity index (χ4n) is 2.37. The van der Waals surface area contributed by atoms with Gasteiger partial charge in [-0.05, 0) is 37.6 Å². The molecule has 2 aromatic rings. The number of fused-ring (bicyclic) bond motifs is 1. The standard InChI is InChI=1S/C12H12ClN3O2/c1-8-6-7-14-11(17)15(12(18)16(8)14)10-4-2-9(13)3-5-10/h2-5,8H,6-7H2,1H3. The van der Waals surface area contributed by atoms with Gasteiger partial charge >= 0.3 is 11.4 Å². The molecular formula is C12H12ClN3O2. The summed E-state index contributed by atoms with van der Waals surface area (Å²) in [4.78, 5) is 24.4. The maximum atomic E-state index is 12.2. The summed E-state index contributed by atoms with van der Waals surface area (Å²) in [6.45, 7) is 2.53. The van der Waals surface area contributed by atoms with E-state index in [4.69, 9.17) is 11.6 Å². The molecule has 3 rings (SSSR count). The minimum absolute atomic E-state index is 0.0683. The van der Waals surface area contributed by atoms with Gasteiger partial charge in [-0.25, -0.2) is 23.5 Å². The molecule has 1 unspecified atom stereocenters. The number of rotatable bonds is 1. The molecule has 0 saturated carbocycles. The van der Waals surface area contributed by atoms with Gasteiger partial charge in [-0.1, -0.05) is 11.6 Å². The largest absolute Gasteiger partial charge is 0.352 e. The lowest BCUT2D eigenvalue weighted by Gasteiger charge is -2.02. The Morgan fingerprint density at radius 3 is 2.44 bits per heavy atom. The molecule has 5 nitrogen and oxygen atoms in total. The van der Waals surface area contributed by atoms with E-state index in [1.807, 2.05) is 6.92 Å². The molecule has 1 aromatic heterocycles. The zero-order valence-electron chi connectivity index (χ0n) is 9.84. The third-order valence-corrected chi connectivity index (χ3v) is 3.57. The quantitative estimate of drug-likeness (QED) is 0.783. The molecule has 0 bridgehead atoms. The van der Waals surface area contributed by atoms with E-state index in [1.165, 1.54) is 13.9 Å². The molecule has 0 saturated heterocycles. The van der Waals surface area contributed by atoms with Crippen LogP contribution in [0.3, 0.4) is 0 Å². The summed E-state index contributed by atoms with van der Waals surface area (Å²) in [7, 11) is 0. The molecule has 94 valence electrons. The van der Waals surface area contributed by atoms with E-state index >= 15 is 0 Å². The minimum atomic E-state index is -0.285. The SMILES string of the molecule is CC1CCn2c(=O)n(-c3ccc(Cl)cc3)c(=O)n21. The minimum Gasteiger partial charge on any atom is -0.246 e. The van der Waals surface area contributed by atoms with Gasteiger partial charge in [-0.3, -0.25) is 0 Å². The van der Waals surface area contributed by atoms with Crippen LogP contribution in [0.2, 0.25) is 5.02 Å². The molecule has 18 heavy (non-hydrogen) atoms. The van der Waals surface area contributed by atoms with Gasteiger partial charge < -0.3 is 0 Å². The van der Waals surface area contributed by atoms with Crippen molar-refractivity contribution in [3.8, 4) is 5.69 Å². The van der Waals surface area contributed by atoms with Gasteiger partial charge in [0.25, 0.3) is 0 Å². The highest BCUT2D eigenvalue weighted by atomic mass is 35.5. The van der Waals surface area contributed by atoms with Crippen molar-refractivity contribution in [3.63, 3.8) is 0 Å². The molecular weight excluding hydrogens is 254 g/mol. The van der Waals surface area contributed by atoms with Crippen molar-refractivity contribution < 1.29 is 0 Å². The number of aromatic nitrogens is 3. The third-order valence-electron chi connectivity index (χ3n) is 3.32. The zero-order chi connectivity index (χ0) is 12.9.